The molecule has 3 heterocycles. The maximum Gasteiger partial charge on any atom is 0.275 e. The Labute approximate surface area is 128 Å². The molecule has 0 bridgehead atoms. The summed E-state index contributed by atoms with van der Waals surface area (Å²) in [6.07, 6.45) is 1.75. The maximum absolute atomic E-state index is 12.3. The van der Waals surface area contributed by atoms with Crippen LogP contribution in [0.3, 0.4) is 0 Å². The van der Waals surface area contributed by atoms with Gasteiger partial charge in [-0.1, -0.05) is 6.07 Å². The predicted molar refractivity (Wildman–Crippen MR) is 81.1 cm³/mol. The van der Waals surface area contributed by atoms with Gasteiger partial charge in [0.05, 0.1) is 13.2 Å². The van der Waals surface area contributed by atoms with Gasteiger partial charge in [0.2, 0.25) is 0 Å². The van der Waals surface area contributed by atoms with E-state index < -0.39 is 0 Å². The molecular weight excluding hydrogens is 282 g/mol. The molecule has 1 aliphatic rings. The first kappa shape index (κ1) is 14.5. The van der Waals surface area contributed by atoms with Crippen LogP contribution in [0.5, 0.6) is 5.75 Å². The SMILES string of the molecule is Cc1ccc(NC(=O)c2cc(OC3COC3)cc(C)n2)nc1. The Balaban J connectivity index is 1.74. The summed E-state index contributed by atoms with van der Waals surface area (Å²) in [4.78, 5) is 20.7. The minimum atomic E-state index is -0.310. The van der Waals surface area contributed by atoms with Crippen LogP contribution in [0.25, 0.3) is 0 Å². The number of carbonyl (C=O) groups is 1. The van der Waals surface area contributed by atoms with Crippen molar-refractivity contribution in [1.82, 2.24) is 9.97 Å². The summed E-state index contributed by atoms with van der Waals surface area (Å²) in [6.45, 7) is 4.92. The first-order chi connectivity index (χ1) is 10.6. The number of amides is 1. The highest BCUT2D eigenvalue weighted by Crippen LogP contribution is 2.19. The number of hydrogen-bond donors (Lipinski definition) is 1. The van der Waals surface area contributed by atoms with Crippen molar-refractivity contribution in [2.75, 3.05) is 18.5 Å². The fourth-order valence-corrected chi connectivity index (χ4v) is 2.02. The molecule has 6 heteroatoms. The molecule has 0 aromatic carbocycles. The fraction of sp³-hybridized carbons (Fsp3) is 0.312. The smallest absolute Gasteiger partial charge is 0.275 e. The second-order valence-corrected chi connectivity index (χ2v) is 5.28. The molecule has 1 saturated heterocycles. The molecule has 1 N–H and O–H groups in total. The molecule has 0 spiro atoms. The molecule has 2 aromatic heterocycles. The Morgan fingerprint density at radius 2 is 2.14 bits per heavy atom. The summed E-state index contributed by atoms with van der Waals surface area (Å²) in [5, 5.41) is 2.73. The molecule has 3 rings (SSSR count). The molecule has 0 atom stereocenters. The standard InChI is InChI=1S/C16H17N3O3/c1-10-3-4-15(17-7-10)19-16(20)14-6-12(5-11(2)18-14)22-13-8-21-9-13/h3-7,13H,8-9H2,1-2H3,(H,17,19,20). The molecule has 0 aliphatic carbocycles. The number of hydrogen-bond acceptors (Lipinski definition) is 5. The van der Waals surface area contributed by atoms with Crippen molar-refractivity contribution in [3.8, 4) is 5.75 Å². The van der Waals surface area contributed by atoms with Crippen LogP contribution in [0.2, 0.25) is 0 Å². The van der Waals surface area contributed by atoms with E-state index in [2.05, 4.69) is 15.3 Å². The molecule has 114 valence electrons. The van der Waals surface area contributed by atoms with Crippen LogP contribution in [0.1, 0.15) is 21.7 Å². The fourth-order valence-electron chi connectivity index (χ4n) is 2.02. The summed E-state index contributed by atoms with van der Waals surface area (Å²) in [5.41, 5.74) is 2.06. The van der Waals surface area contributed by atoms with E-state index in [9.17, 15) is 4.79 Å². The van der Waals surface area contributed by atoms with E-state index in [4.69, 9.17) is 9.47 Å². The largest absolute Gasteiger partial charge is 0.485 e. The number of aromatic nitrogens is 2. The Morgan fingerprint density at radius 3 is 2.77 bits per heavy atom. The Kier molecular flexibility index (Phi) is 4.02. The first-order valence-corrected chi connectivity index (χ1v) is 7.07. The van der Waals surface area contributed by atoms with E-state index in [1.165, 1.54) is 0 Å². The topological polar surface area (TPSA) is 73.3 Å². The highest BCUT2D eigenvalue weighted by atomic mass is 16.6. The average Bonchev–Trinajstić information content (AvgIpc) is 2.45. The van der Waals surface area contributed by atoms with E-state index in [0.29, 0.717) is 30.5 Å². The molecule has 0 saturated carbocycles. The highest BCUT2D eigenvalue weighted by Gasteiger charge is 2.21. The van der Waals surface area contributed by atoms with Crippen molar-refractivity contribution in [2.24, 2.45) is 0 Å². The molecule has 6 nitrogen and oxygen atoms in total. The first-order valence-electron chi connectivity index (χ1n) is 7.07. The molecule has 22 heavy (non-hydrogen) atoms. The second-order valence-electron chi connectivity index (χ2n) is 5.28. The van der Waals surface area contributed by atoms with Crippen LogP contribution in [-0.4, -0.2) is 35.2 Å². The van der Waals surface area contributed by atoms with Crippen molar-refractivity contribution in [1.29, 1.82) is 0 Å². The molecule has 0 radical (unpaired) electrons. The molecule has 2 aromatic rings. The van der Waals surface area contributed by atoms with E-state index >= 15 is 0 Å². The molecule has 0 unspecified atom stereocenters. The van der Waals surface area contributed by atoms with Gasteiger partial charge in [-0.3, -0.25) is 4.79 Å². The third-order valence-corrected chi connectivity index (χ3v) is 3.22. The number of ether oxygens (including phenoxy) is 2. The van der Waals surface area contributed by atoms with Crippen LogP contribution in [-0.2, 0) is 4.74 Å². The lowest BCUT2D eigenvalue weighted by molar-refractivity contribution is -0.0797. The van der Waals surface area contributed by atoms with Gasteiger partial charge >= 0.3 is 0 Å². The van der Waals surface area contributed by atoms with Crippen LogP contribution >= 0.6 is 0 Å². The Morgan fingerprint density at radius 1 is 1.32 bits per heavy atom. The lowest BCUT2D eigenvalue weighted by Gasteiger charge is -2.26. The van der Waals surface area contributed by atoms with Crippen molar-refractivity contribution >= 4 is 11.7 Å². The number of rotatable bonds is 4. The van der Waals surface area contributed by atoms with Gasteiger partial charge < -0.3 is 14.8 Å². The normalized spacial score (nSPS) is 14.3. The van der Waals surface area contributed by atoms with Gasteiger partial charge in [-0.15, -0.1) is 0 Å². The van der Waals surface area contributed by atoms with Gasteiger partial charge in [-0.05, 0) is 25.5 Å². The van der Waals surface area contributed by atoms with E-state index in [1.807, 2.05) is 19.9 Å². The van der Waals surface area contributed by atoms with Gasteiger partial charge in [-0.2, -0.15) is 0 Å². The van der Waals surface area contributed by atoms with Crippen LogP contribution < -0.4 is 10.1 Å². The molecular formula is C16H17N3O3. The quantitative estimate of drug-likeness (QED) is 0.936. The monoisotopic (exact) mass is 299 g/mol. The summed E-state index contributed by atoms with van der Waals surface area (Å²) in [7, 11) is 0. The second kappa shape index (κ2) is 6.11. The lowest BCUT2D eigenvalue weighted by Crippen LogP contribution is -2.38. The number of aryl methyl sites for hydroxylation is 2. The van der Waals surface area contributed by atoms with Crippen LogP contribution in [0.4, 0.5) is 5.82 Å². The third-order valence-electron chi connectivity index (χ3n) is 3.22. The number of nitrogens with one attached hydrogen (secondary N) is 1. The van der Waals surface area contributed by atoms with Gasteiger partial charge in [-0.25, -0.2) is 9.97 Å². The van der Waals surface area contributed by atoms with Crippen molar-refractivity contribution in [3.63, 3.8) is 0 Å². The summed E-state index contributed by atoms with van der Waals surface area (Å²) in [5.74, 6) is 0.811. The van der Waals surface area contributed by atoms with Gasteiger partial charge in [0, 0.05) is 24.0 Å². The maximum atomic E-state index is 12.3. The van der Waals surface area contributed by atoms with Gasteiger partial charge in [0.1, 0.15) is 23.4 Å². The molecule has 1 fully saturated rings. The van der Waals surface area contributed by atoms with Crippen LogP contribution in [0.15, 0.2) is 30.5 Å². The zero-order valence-corrected chi connectivity index (χ0v) is 12.5. The average molecular weight is 299 g/mol. The lowest BCUT2D eigenvalue weighted by atomic mass is 10.2. The summed E-state index contributed by atoms with van der Waals surface area (Å²) in [6, 6.07) is 7.08. The van der Waals surface area contributed by atoms with E-state index in [0.717, 1.165) is 11.3 Å². The summed E-state index contributed by atoms with van der Waals surface area (Å²) < 4.78 is 10.8. The van der Waals surface area contributed by atoms with Crippen molar-refractivity contribution in [2.45, 2.75) is 20.0 Å². The minimum absolute atomic E-state index is 0.0523. The Hall–Kier alpha value is -2.47. The van der Waals surface area contributed by atoms with Crippen LogP contribution in [0, 0.1) is 13.8 Å². The predicted octanol–water partition coefficient (Wildman–Crippen LogP) is 2.12. The minimum Gasteiger partial charge on any atom is -0.485 e. The zero-order chi connectivity index (χ0) is 15.5. The van der Waals surface area contributed by atoms with Crippen molar-refractivity contribution in [3.05, 3.63) is 47.4 Å². The van der Waals surface area contributed by atoms with Gasteiger partial charge in [0.15, 0.2) is 0 Å². The zero-order valence-electron chi connectivity index (χ0n) is 12.5. The third kappa shape index (κ3) is 3.40. The summed E-state index contributed by atoms with van der Waals surface area (Å²) >= 11 is 0. The van der Waals surface area contributed by atoms with Crippen molar-refractivity contribution < 1.29 is 14.3 Å². The molecule has 1 aliphatic heterocycles. The number of pyridine rings is 2. The van der Waals surface area contributed by atoms with E-state index in [-0.39, 0.29) is 12.0 Å². The Bertz CT molecular complexity index is 682. The van der Waals surface area contributed by atoms with Gasteiger partial charge in [0.25, 0.3) is 5.91 Å². The molecule has 1 amide bonds. The number of carbonyl (C=O) groups excluding carboxylic acids is 1. The number of anilines is 1. The number of nitrogens with zero attached hydrogens (tertiary/aromatic N) is 2. The van der Waals surface area contributed by atoms with E-state index in [1.54, 1.807) is 24.4 Å². The highest BCUT2D eigenvalue weighted by molar-refractivity contribution is 6.02.